The normalized spacial score (nSPS) is 15.4. The zero-order chi connectivity index (χ0) is 13.8. The van der Waals surface area contributed by atoms with E-state index in [-0.39, 0.29) is 5.60 Å². The molecule has 0 saturated heterocycles. The number of methoxy groups -OCH3 is 2. The molecule has 1 aromatic carbocycles. The average molecular weight is 251 g/mol. The molecule has 1 atom stereocenters. The third-order valence-corrected chi connectivity index (χ3v) is 3.94. The van der Waals surface area contributed by atoms with Gasteiger partial charge >= 0.3 is 0 Å². The summed E-state index contributed by atoms with van der Waals surface area (Å²) in [5, 5.41) is 0. The summed E-state index contributed by atoms with van der Waals surface area (Å²) in [6, 6.07) is 8.18. The lowest BCUT2D eigenvalue weighted by molar-refractivity contribution is -0.0220. The molecule has 3 nitrogen and oxygen atoms in total. The molecule has 0 heterocycles. The van der Waals surface area contributed by atoms with E-state index >= 15 is 0 Å². The topological polar surface area (TPSA) is 44.5 Å². The van der Waals surface area contributed by atoms with E-state index in [9.17, 15) is 0 Å². The molecule has 0 spiro atoms. The van der Waals surface area contributed by atoms with Crippen LogP contribution in [-0.2, 0) is 20.8 Å². The minimum absolute atomic E-state index is 0.198. The van der Waals surface area contributed by atoms with Crippen LogP contribution >= 0.6 is 0 Å². The van der Waals surface area contributed by atoms with E-state index in [1.807, 2.05) is 19.1 Å². The lowest BCUT2D eigenvalue weighted by Gasteiger charge is -2.31. The summed E-state index contributed by atoms with van der Waals surface area (Å²) in [7, 11) is 3.38. The second-order valence-electron chi connectivity index (χ2n) is 4.79. The van der Waals surface area contributed by atoms with Crippen molar-refractivity contribution in [2.24, 2.45) is 5.73 Å². The van der Waals surface area contributed by atoms with Gasteiger partial charge in [-0.05, 0) is 30.9 Å². The van der Waals surface area contributed by atoms with E-state index in [1.54, 1.807) is 14.2 Å². The Balaban J connectivity index is 3.09. The summed E-state index contributed by atoms with van der Waals surface area (Å²) in [4.78, 5) is 0. The average Bonchev–Trinajstić information content (AvgIpc) is 2.42. The summed E-state index contributed by atoms with van der Waals surface area (Å²) in [6.07, 6.45) is 1.90. The van der Waals surface area contributed by atoms with Gasteiger partial charge in [-0.3, -0.25) is 5.73 Å². The van der Waals surface area contributed by atoms with Gasteiger partial charge in [0, 0.05) is 14.2 Å². The first-order valence-electron chi connectivity index (χ1n) is 6.46. The molecule has 18 heavy (non-hydrogen) atoms. The van der Waals surface area contributed by atoms with E-state index in [0.717, 1.165) is 18.4 Å². The molecule has 0 amide bonds. The molecule has 2 N–H and O–H groups in total. The summed E-state index contributed by atoms with van der Waals surface area (Å²) < 4.78 is 11.0. The molecular weight excluding hydrogens is 226 g/mol. The summed E-state index contributed by atoms with van der Waals surface area (Å²) >= 11 is 0. The van der Waals surface area contributed by atoms with Gasteiger partial charge in [0.25, 0.3) is 0 Å². The SMILES string of the molecule is CCC(CC)(OC)c1ccc(C(C)(N)OC)cc1. The minimum Gasteiger partial charge on any atom is -0.374 e. The van der Waals surface area contributed by atoms with Gasteiger partial charge in [0.15, 0.2) is 0 Å². The fraction of sp³-hybridized carbons (Fsp3) is 0.600. The lowest BCUT2D eigenvalue weighted by Crippen LogP contribution is -2.35. The third kappa shape index (κ3) is 2.74. The van der Waals surface area contributed by atoms with E-state index in [2.05, 4.69) is 26.0 Å². The Hall–Kier alpha value is -0.900. The van der Waals surface area contributed by atoms with Crippen LogP contribution < -0.4 is 5.73 Å². The van der Waals surface area contributed by atoms with Crippen molar-refractivity contribution >= 4 is 0 Å². The molecule has 0 aliphatic rings. The summed E-state index contributed by atoms with van der Waals surface area (Å²) in [5.41, 5.74) is 7.25. The third-order valence-electron chi connectivity index (χ3n) is 3.94. The van der Waals surface area contributed by atoms with Crippen LogP contribution in [0, 0.1) is 0 Å². The first-order valence-corrected chi connectivity index (χ1v) is 6.46. The highest BCUT2D eigenvalue weighted by atomic mass is 16.5. The molecule has 3 heteroatoms. The second kappa shape index (κ2) is 5.83. The molecule has 0 bridgehead atoms. The Labute approximate surface area is 110 Å². The molecule has 0 radical (unpaired) electrons. The van der Waals surface area contributed by atoms with Crippen LogP contribution in [0.4, 0.5) is 0 Å². The van der Waals surface area contributed by atoms with Crippen molar-refractivity contribution in [3.63, 3.8) is 0 Å². The quantitative estimate of drug-likeness (QED) is 0.790. The predicted octanol–water partition coefficient (Wildman–Crippen LogP) is 3.13. The molecule has 0 aromatic heterocycles. The Bertz CT molecular complexity index is 358. The van der Waals surface area contributed by atoms with E-state index < -0.39 is 5.72 Å². The smallest absolute Gasteiger partial charge is 0.139 e. The van der Waals surface area contributed by atoms with Gasteiger partial charge in [-0.15, -0.1) is 0 Å². The second-order valence-corrected chi connectivity index (χ2v) is 4.79. The molecule has 0 fully saturated rings. The molecule has 102 valence electrons. The standard InChI is InChI=1S/C15H25NO2/c1-6-15(7-2,18-5)13-10-8-12(9-11-13)14(3,16)17-4/h8-11H,6-7,16H2,1-5H3. The van der Waals surface area contributed by atoms with Crippen LogP contribution in [0.1, 0.15) is 44.7 Å². The highest BCUT2D eigenvalue weighted by Crippen LogP contribution is 2.33. The van der Waals surface area contributed by atoms with Gasteiger partial charge in [0.05, 0.1) is 5.60 Å². The van der Waals surface area contributed by atoms with Crippen LogP contribution in [0.3, 0.4) is 0 Å². The van der Waals surface area contributed by atoms with Crippen molar-refractivity contribution in [1.29, 1.82) is 0 Å². The van der Waals surface area contributed by atoms with Crippen molar-refractivity contribution in [3.05, 3.63) is 35.4 Å². The maximum absolute atomic E-state index is 6.04. The monoisotopic (exact) mass is 251 g/mol. The maximum Gasteiger partial charge on any atom is 0.139 e. The van der Waals surface area contributed by atoms with Gasteiger partial charge in [0.2, 0.25) is 0 Å². The lowest BCUT2D eigenvalue weighted by atomic mass is 9.87. The van der Waals surface area contributed by atoms with Crippen LogP contribution in [0.15, 0.2) is 24.3 Å². The van der Waals surface area contributed by atoms with Gasteiger partial charge < -0.3 is 9.47 Å². The van der Waals surface area contributed by atoms with E-state index in [4.69, 9.17) is 15.2 Å². The Kier molecular flexibility index (Phi) is 4.91. The van der Waals surface area contributed by atoms with Crippen molar-refractivity contribution in [3.8, 4) is 0 Å². The number of ether oxygens (including phenoxy) is 2. The molecule has 1 aromatic rings. The zero-order valence-electron chi connectivity index (χ0n) is 12.1. The Morgan fingerprint density at radius 3 is 1.72 bits per heavy atom. The largest absolute Gasteiger partial charge is 0.374 e. The van der Waals surface area contributed by atoms with Crippen LogP contribution in [0.5, 0.6) is 0 Å². The maximum atomic E-state index is 6.04. The summed E-state index contributed by atoms with van der Waals surface area (Å²) in [6.45, 7) is 6.14. The first kappa shape index (κ1) is 15.2. The van der Waals surface area contributed by atoms with Crippen LogP contribution in [0.2, 0.25) is 0 Å². The van der Waals surface area contributed by atoms with E-state index in [0.29, 0.717) is 0 Å². The molecule has 1 rings (SSSR count). The Morgan fingerprint density at radius 2 is 1.39 bits per heavy atom. The van der Waals surface area contributed by atoms with Crippen molar-refractivity contribution in [1.82, 2.24) is 0 Å². The Morgan fingerprint density at radius 1 is 0.944 bits per heavy atom. The van der Waals surface area contributed by atoms with Crippen LogP contribution in [0.25, 0.3) is 0 Å². The van der Waals surface area contributed by atoms with Crippen molar-refractivity contribution in [2.75, 3.05) is 14.2 Å². The highest BCUT2D eigenvalue weighted by Gasteiger charge is 2.28. The highest BCUT2D eigenvalue weighted by molar-refractivity contribution is 5.30. The molecule has 1 unspecified atom stereocenters. The number of nitrogens with two attached hydrogens (primary N) is 1. The number of rotatable bonds is 6. The first-order chi connectivity index (χ1) is 8.45. The number of hydrogen-bond acceptors (Lipinski definition) is 3. The zero-order valence-corrected chi connectivity index (χ0v) is 12.1. The molecular formula is C15H25NO2. The minimum atomic E-state index is -0.743. The van der Waals surface area contributed by atoms with E-state index in [1.165, 1.54) is 5.56 Å². The van der Waals surface area contributed by atoms with Crippen molar-refractivity contribution in [2.45, 2.75) is 44.9 Å². The van der Waals surface area contributed by atoms with Gasteiger partial charge in [-0.1, -0.05) is 38.1 Å². The predicted molar refractivity (Wildman–Crippen MR) is 74.3 cm³/mol. The molecule has 0 aliphatic heterocycles. The molecule has 0 aliphatic carbocycles. The fourth-order valence-electron chi connectivity index (χ4n) is 2.29. The number of hydrogen-bond donors (Lipinski definition) is 1. The van der Waals surface area contributed by atoms with Gasteiger partial charge in [0.1, 0.15) is 5.72 Å². The number of benzene rings is 1. The van der Waals surface area contributed by atoms with Gasteiger partial charge in [-0.2, -0.15) is 0 Å². The fourth-order valence-corrected chi connectivity index (χ4v) is 2.29. The summed E-state index contributed by atoms with van der Waals surface area (Å²) in [5.74, 6) is 0. The molecule has 0 saturated carbocycles. The van der Waals surface area contributed by atoms with Gasteiger partial charge in [-0.25, -0.2) is 0 Å². The van der Waals surface area contributed by atoms with Crippen molar-refractivity contribution < 1.29 is 9.47 Å². The van der Waals surface area contributed by atoms with Crippen LogP contribution in [-0.4, -0.2) is 14.2 Å².